The van der Waals surface area contributed by atoms with E-state index in [0.29, 0.717) is 5.69 Å². The Labute approximate surface area is 168 Å². The summed E-state index contributed by atoms with van der Waals surface area (Å²) < 4.78 is 30.9. The third kappa shape index (κ3) is 5.74. The van der Waals surface area contributed by atoms with E-state index in [1.807, 2.05) is 0 Å². The number of carbonyl (C=O) groups is 1. The van der Waals surface area contributed by atoms with Crippen LogP contribution in [0.5, 0.6) is 0 Å². The fourth-order valence-corrected chi connectivity index (χ4v) is 1.85. The van der Waals surface area contributed by atoms with Gasteiger partial charge in [-0.15, -0.1) is 17.7 Å². The number of hydrogen-bond acceptors (Lipinski definition) is 4. The van der Waals surface area contributed by atoms with E-state index in [1.165, 1.54) is 12.4 Å². The predicted molar refractivity (Wildman–Crippen MR) is 89.7 cm³/mol. The smallest absolute Gasteiger partial charge is 0.325 e. The van der Waals surface area contributed by atoms with Crippen molar-refractivity contribution in [3.63, 3.8) is 0 Å². The van der Waals surface area contributed by atoms with Crippen molar-refractivity contribution in [2.75, 3.05) is 0 Å². The average molecular weight is 544 g/mol. The minimum atomic E-state index is -0.922. The van der Waals surface area contributed by atoms with Crippen LogP contribution in [0.3, 0.4) is 0 Å². The monoisotopic (exact) mass is 544 g/mol. The largest absolute Gasteiger partial charge is 0.635 e. The molecule has 139 valence electrons. The summed E-state index contributed by atoms with van der Waals surface area (Å²) in [6.07, 6.45) is 3.01. The summed E-state index contributed by atoms with van der Waals surface area (Å²) in [6.45, 7) is 6.70. The zero-order valence-corrected chi connectivity index (χ0v) is 16.0. The van der Waals surface area contributed by atoms with Gasteiger partial charge in [0, 0.05) is 44.1 Å². The molecule has 3 rings (SSSR count). The van der Waals surface area contributed by atoms with Crippen molar-refractivity contribution in [3.8, 4) is 11.3 Å². The van der Waals surface area contributed by atoms with Gasteiger partial charge in [0.2, 0.25) is 0 Å². The van der Waals surface area contributed by atoms with E-state index in [-0.39, 0.29) is 31.4 Å². The molecule has 5 nitrogen and oxygen atoms in total. The molecule has 1 aromatic carbocycles. The van der Waals surface area contributed by atoms with Gasteiger partial charge in [0.25, 0.3) is 0 Å². The van der Waals surface area contributed by atoms with E-state index in [1.54, 1.807) is 36.4 Å². The van der Waals surface area contributed by atoms with Gasteiger partial charge >= 0.3 is 5.97 Å². The maximum absolute atomic E-state index is 13.7. The first kappa shape index (κ1) is 22.0. The van der Waals surface area contributed by atoms with Crippen molar-refractivity contribution >= 4 is 11.7 Å². The molecule has 0 aliphatic carbocycles. The van der Waals surface area contributed by atoms with Crippen molar-refractivity contribution in [3.05, 3.63) is 96.8 Å². The minimum absolute atomic E-state index is 0. The Morgan fingerprint density at radius 2 is 1.81 bits per heavy atom. The predicted octanol–water partition coefficient (Wildman–Crippen LogP) is 4.41. The molecule has 0 unspecified atom stereocenters. The molecule has 0 saturated heterocycles. The number of carbonyl (C=O) groups excluding carboxylic acids is 1. The fourth-order valence-electron chi connectivity index (χ4n) is 1.85. The molecule has 2 heterocycles. The van der Waals surface area contributed by atoms with Crippen molar-refractivity contribution < 1.29 is 38.4 Å². The third-order valence-electron chi connectivity index (χ3n) is 3.03. The van der Waals surface area contributed by atoms with Crippen molar-refractivity contribution in [1.82, 2.24) is 9.97 Å². The average Bonchev–Trinajstić information content (AvgIpc) is 2.69. The number of benzene rings is 1. The first-order valence-electron chi connectivity index (χ1n) is 7.14. The molecule has 0 saturated carbocycles. The molecule has 0 N–H and O–H groups in total. The van der Waals surface area contributed by atoms with E-state index in [9.17, 15) is 13.6 Å². The zero-order valence-electron chi connectivity index (χ0n) is 13.7. The fraction of sp³-hybridized carbons (Fsp3) is 0. The normalized spacial score (nSPS) is 9.11. The Hall–Kier alpha value is -3.01. The van der Waals surface area contributed by atoms with Gasteiger partial charge < -0.3 is 9.72 Å². The van der Waals surface area contributed by atoms with Gasteiger partial charge in [0.1, 0.15) is 5.69 Å². The van der Waals surface area contributed by atoms with Gasteiger partial charge in [-0.25, -0.2) is 9.78 Å². The first-order valence-corrected chi connectivity index (χ1v) is 7.14. The van der Waals surface area contributed by atoms with Crippen LogP contribution in [0.1, 0.15) is 10.5 Å². The zero-order chi connectivity index (χ0) is 18.9. The Kier molecular flexibility index (Phi) is 8.86. The molecule has 3 aromatic rings. The van der Waals surface area contributed by atoms with Crippen LogP contribution in [0.25, 0.3) is 16.1 Å². The quantitative estimate of drug-likeness (QED) is 0.355. The summed E-state index contributed by atoms with van der Waals surface area (Å²) in [5.74, 6) is -2.35. The number of ether oxygens (including phenoxy) is 1. The molecule has 0 spiro atoms. The number of esters is 1. The van der Waals surface area contributed by atoms with Crippen LogP contribution in [-0.2, 0) is 24.8 Å². The van der Waals surface area contributed by atoms with E-state index < -0.39 is 23.3 Å². The number of nitrogens with zero attached hydrogens (tertiary/aromatic N) is 3. The van der Waals surface area contributed by atoms with Crippen LogP contribution in [0, 0.1) is 31.4 Å². The maximum atomic E-state index is 13.7. The Morgan fingerprint density at radius 3 is 2.33 bits per heavy atom. The molecule has 2 aromatic heterocycles. The summed E-state index contributed by atoms with van der Waals surface area (Å²) in [4.78, 5) is 21.1. The van der Waals surface area contributed by atoms with Gasteiger partial charge in [0.05, 0.1) is 6.57 Å². The number of halogens is 2. The topological polar surface area (TPSA) is 56.4 Å². The number of aromatic nitrogens is 2. The molecule has 0 atom stereocenters. The molecule has 0 aliphatic rings. The Bertz CT molecular complexity index is 933. The van der Waals surface area contributed by atoms with E-state index in [4.69, 9.17) is 6.57 Å². The molecule has 0 bridgehead atoms. The summed E-state index contributed by atoms with van der Waals surface area (Å²) in [5, 5.41) is 0. The molecule has 0 fully saturated rings. The molecule has 27 heavy (non-hydrogen) atoms. The van der Waals surface area contributed by atoms with Crippen LogP contribution in [0.2, 0.25) is 0 Å². The van der Waals surface area contributed by atoms with Gasteiger partial charge in [-0.3, -0.25) is 13.6 Å². The second kappa shape index (κ2) is 10.9. The van der Waals surface area contributed by atoms with Crippen molar-refractivity contribution in [2.45, 2.75) is 0 Å². The Balaban J connectivity index is 0.000000288. The second-order valence-electron chi connectivity index (χ2n) is 4.65. The first-order chi connectivity index (χ1) is 12.6. The summed E-state index contributed by atoms with van der Waals surface area (Å²) in [6, 6.07) is 13.3. The van der Waals surface area contributed by atoms with E-state index >= 15 is 0 Å². The van der Waals surface area contributed by atoms with Crippen molar-refractivity contribution in [1.29, 1.82) is 0 Å². The Morgan fingerprint density at radius 1 is 1.15 bits per heavy atom. The van der Waals surface area contributed by atoms with Gasteiger partial charge in [0.15, 0.2) is 5.69 Å². The summed E-state index contributed by atoms with van der Waals surface area (Å²) >= 11 is 0. The molecule has 0 aliphatic heterocycles. The van der Waals surface area contributed by atoms with E-state index in [0.717, 1.165) is 6.07 Å². The second-order valence-corrected chi connectivity index (χ2v) is 4.65. The molecule has 8 heteroatoms. The minimum Gasteiger partial charge on any atom is -0.635 e. The third-order valence-corrected chi connectivity index (χ3v) is 3.03. The molecule has 1 radical (unpaired) electrons. The number of hydrogen-bond donors (Lipinski definition) is 0. The summed E-state index contributed by atoms with van der Waals surface area (Å²) in [7, 11) is 2.97. The van der Waals surface area contributed by atoms with Crippen LogP contribution in [0.15, 0.2) is 54.9 Å². The molecular weight excluding hydrogens is 532 g/mol. The van der Waals surface area contributed by atoms with Gasteiger partial charge in [-0.05, 0) is 23.9 Å². The standard InChI is InChI=1S/C12H5F2N2.C7H6NO2.Ir/c1-15-12-9(13)6-5-8(11(12)14)10-4-2-3-7-16-10;1-10-7(9)6-4-2-3-5-8-6;/h2-4,6-7H;2-5H,1H2;/q2*-1;. The van der Waals surface area contributed by atoms with E-state index in [2.05, 4.69) is 32.7 Å². The van der Waals surface area contributed by atoms with Gasteiger partial charge in [-0.2, -0.15) is 7.11 Å². The molecule has 0 amide bonds. The van der Waals surface area contributed by atoms with Crippen LogP contribution in [-0.4, -0.2) is 15.9 Å². The SMILES string of the molecule is [C-]#[N+]c1c(F)c[c-]c(-c2ccccn2)c1F.[CH2-]OC(=O)c1ccccn1.[Ir]. The maximum Gasteiger partial charge on any atom is 0.325 e. The molecular formula is C19H11F2IrN3O2-2. The number of pyridine rings is 2. The summed E-state index contributed by atoms with van der Waals surface area (Å²) in [5.41, 5.74) is -0.0187. The van der Waals surface area contributed by atoms with Crippen LogP contribution < -0.4 is 0 Å². The van der Waals surface area contributed by atoms with Crippen LogP contribution in [0.4, 0.5) is 14.5 Å². The number of rotatable bonds is 2. The van der Waals surface area contributed by atoms with Crippen LogP contribution >= 0.6 is 0 Å². The van der Waals surface area contributed by atoms with Crippen molar-refractivity contribution in [2.24, 2.45) is 0 Å². The van der Waals surface area contributed by atoms with Gasteiger partial charge in [-0.1, -0.05) is 18.2 Å².